The molecule has 0 aliphatic carbocycles. The van der Waals surface area contributed by atoms with Crippen LogP contribution in [-0.4, -0.2) is 22.5 Å². The lowest BCUT2D eigenvalue weighted by molar-refractivity contribution is 0.131. The number of hydrogen-bond donors (Lipinski definition) is 1. The Morgan fingerprint density at radius 2 is 2.25 bits per heavy atom. The van der Waals surface area contributed by atoms with Gasteiger partial charge >= 0.3 is 0 Å². The minimum atomic E-state index is -0.277. The highest BCUT2D eigenvalue weighted by Crippen LogP contribution is 2.24. The molecule has 0 saturated carbocycles. The van der Waals surface area contributed by atoms with E-state index in [1.165, 1.54) is 44.2 Å². The molecule has 20 heavy (non-hydrogen) atoms. The number of piperidine rings is 1. The Bertz CT molecular complexity index is 474. The summed E-state index contributed by atoms with van der Waals surface area (Å²) in [5, 5.41) is 0. The maximum atomic E-state index is 13.4. The van der Waals surface area contributed by atoms with E-state index in [2.05, 4.69) is 11.8 Å². The summed E-state index contributed by atoms with van der Waals surface area (Å²) in [7, 11) is 0. The van der Waals surface area contributed by atoms with Crippen LogP contribution in [0.3, 0.4) is 0 Å². The predicted octanol–water partition coefficient (Wildman–Crippen LogP) is 3.61. The van der Waals surface area contributed by atoms with E-state index in [0.717, 1.165) is 18.7 Å². The molecule has 2 nitrogen and oxygen atoms in total. The van der Waals surface area contributed by atoms with Gasteiger partial charge in [-0.15, -0.1) is 0 Å². The molecule has 0 spiro atoms. The minimum absolute atomic E-state index is 0.277. The standard InChI is InChI=1S/C16H23FN2S/c1-2-5-14-6-3-4-9-19(14)11-12-7-8-13(17)10-15(12)16(18)20/h7-8,10,14H,2-6,9,11H2,1H3,(H2,18,20). The van der Waals surface area contributed by atoms with Crippen LogP contribution in [-0.2, 0) is 6.54 Å². The fraction of sp³-hybridized carbons (Fsp3) is 0.562. The van der Waals surface area contributed by atoms with Crippen LogP contribution in [0, 0.1) is 5.82 Å². The number of thiocarbonyl (C=S) groups is 1. The Hall–Kier alpha value is -1.00. The molecular formula is C16H23FN2S. The first-order valence-electron chi connectivity index (χ1n) is 7.44. The Morgan fingerprint density at radius 1 is 1.45 bits per heavy atom. The van der Waals surface area contributed by atoms with E-state index in [-0.39, 0.29) is 10.8 Å². The molecule has 4 heteroatoms. The quantitative estimate of drug-likeness (QED) is 0.841. The van der Waals surface area contributed by atoms with Crippen molar-refractivity contribution in [2.24, 2.45) is 5.73 Å². The molecule has 0 bridgehead atoms. The maximum absolute atomic E-state index is 13.4. The van der Waals surface area contributed by atoms with E-state index in [0.29, 0.717) is 11.6 Å². The summed E-state index contributed by atoms with van der Waals surface area (Å²) < 4.78 is 13.4. The van der Waals surface area contributed by atoms with Crippen molar-refractivity contribution in [3.8, 4) is 0 Å². The van der Waals surface area contributed by atoms with Crippen molar-refractivity contribution in [2.75, 3.05) is 6.54 Å². The number of rotatable bonds is 5. The second kappa shape index (κ2) is 7.14. The summed E-state index contributed by atoms with van der Waals surface area (Å²) in [6.45, 7) is 4.15. The molecule has 1 fully saturated rings. The van der Waals surface area contributed by atoms with E-state index in [1.807, 2.05) is 6.07 Å². The second-order valence-corrected chi connectivity index (χ2v) is 6.01. The molecular weight excluding hydrogens is 271 g/mol. The average Bonchev–Trinajstić information content (AvgIpc) is 2.43. The van der Waals surface area contributed by atoms with Gasteiger partial charge in [-0.05, 0) is 43.5 Å². The summed E-state index contributed by atoms with van der Waals surface area (Å²) in [5.74, 6) is -0.277. The summed E-state index contributed by atoms with van der Waals surface area (Å²) in [6.07, 6.45) is 6.24. The monoisotopic (exact) mass is 294 g/mol. The molecule has 1 aliphatic heterocycles. The number of nitrogens with zero attached hydrogens (tertiary/aromatic N) is 1. The summed E-state index contributed by atoms with van der Waals surface area (Å²) in [5.41, 5.74) is 7.45. The zero-order chi connectivity index (χ0) is 14.5. The molecule has 1 atom stereocenters. The summed E-state index contributed by atoms with van der Waals surface area (Å²) in [4.78, 5) is 2.78. The SMILES string of the molecule is CCCC1CCCCN1Cc1ccc(F)cc1C(N)=S. The first-order chi connectivity index (χ1) is 9.61. The van der Waals surface area contributed by atoms with E-state index in [4.69, 9.17) is 18.0 Å². The molecule has 1 aliphatic rings. The highest BCUT2D eigenvalue weighted by molar-refractivity contribution is 7.80. The Morgan fingerprint density at radius 3 is 2.95 bits per heavy atom. The molecule has 1 saturated heterocycles. The first kappa shape index (κ1) is 15.4. The van der Waals surface area contributed by atoms with E-state index >= 15 is 0 Å². The normalized spacial score (nSPS) is 20.0. The number of halogens is 1. The third-order valence-electron chi connectivity index (χ3n) is 4.08. The molecule has 1 aromatic carbocycles. The largest absolute Gasteiger partial charge is 0.389 e. The van der Waals surface area contributed by atoms with Gasteiger partial charge in [-0.3, -0.25) is 4.90 Å². The van der Waals surface area contributed by atoms with Crippen LogP contribution >= 0.6 is 12.2 Å². The van der Waals surface area contributed by atoms with Crippen LogP contribution in [0.4, 0.5) is 4.39 Å². The zero-order valence-electron chi connectivity index (χ0n) is 12.1. The van der Waals surface area contributed by atoms with Crippen molar-refractivity contribution < 1.29 is 4.39 Å². The van der Waals surface area contributed by atoms with Gasteiger partial charge in [0.25, 0.3) is 0 Å². The number of benzene rings is 1. The van der Waals surface area contributed by atoms with Gasteiger partial charge in [-0.1, -0.05) is 38.0 Å². The number of likely N-dealkylation sites (tertiary alicyclic amines) is 1. The van der Waals surface area contributed by atoms with Gasteiger partial charge in [0, 0.05) is 18.2 Å². The van der Waals surface area contributed by atoms with Crippen molar-refractivity contribution in [1.82, 2.24) is 4.90 Å². The van der Waals surface area contributed by atoms with Gasteiger partial charge in [0.1, 0.15) is 10.8 Å². The molecule has 1 aromatic rings. The predicted molar refractivity (Wildman–Crippen MR) is 85.2 cm³/mol. The van der Waals surface area contributed by atoms with Crippen LogP contribution in [0.1, 0.15) is 50.2 Å². The molecule has 0 aromatic heterocycles. The maximum Gasteiger partial charge on any atom is 0.123 e. The van der Waals surface area contributed by atoms with Crippen LogP contribution < -0.4 is 5.73 Å². The van der Waals surface area contributed by atoms with Crippen molar-refractivity contribution in [3.05, 3.63) is 35.1 Å². The summed E-state index contributed by atoms with van der Waals surface area (Å²) in [6, 6.07) is 5.41. The van der Waals surface area contributed by atoms with Gasteiger partial charge in [0.2, 0.25) is 0 Å². The van der Waals surface area contributed by atoms with Gasteiger partial charge in [0.05, 0.1) is 0 Å². The van der Waals surface area contributed by atoms with E-state index in [9.17, 15) is 4.39 Å². The molecule has 0 amide bonds. The Labute approximate surface area is 126 Å². The third kappa shape index (κ3) is 3.76. The van der Waals surface area contributed by atoms with Gasteiger partial charge in [0.15, 0.2) is 0 Å². The van der Waals surface area contributed by atoms with Crippen LogP contribution in [0.15, 0.2) is 18.2 Å². The zero-order valence-corrected chi connectivity index (χ0v) is 12.9. The molecule has 1 heterocycles. The van der Waals surface area contributed by atoms with Crippen LogP contribution in [0.5, 0.6) is 0 Å². The molecule has 2 N–H and O–H groups in total. The van der Waals surface area contributed by atoms with Gasteiger partial charge in [-0.25, -0.2) is 4.39 Å². The Balaban J connectivity index is 2.17. The topological polar surface area (TPSA) is 29.3 Å². The highest BCUT2D eigenvalue weighted by Gasteiger charge is 2.22. The molecule has 1 unspecified atom stereocenters. The van der Waals surface area contributed by atoms with Crippen molar-refractivity contribution in [2.45, 2.75) is 51.6 Å². The Kier molecular flexibility index (Phi) is 5.49. The van der Waals surface area contributed by atoms with Gasteiger partial charge in [-0.2, -0.15) is 0 Å². The number of hydrogen-bond acceptors (Lipinski definition) is 2. The smallest absolute Gasteiger partial charge is 0.123 e. The average molecular weight is 294 g/mol. The van der Waals surface area contributed by atoms with Crippen molar-refractivity contribution in [1.29, 1.82) is 0 Å². The lowest BCUT2D eigenvalue weighted by atomic mass is 9.96. The van der Waals surface area contributed by atoms with Crippen LogP contribution in [0.2, 0.25) is 0 Å². The van der Waals surface area contributed by atoms with E-state index < -0.39 is 0 Å². The second-order valence-electron chi connectivity index (χ2n) is 5.57. The van der Waals surface area contributed by atoms with Crippen molar-refractivity contribution in [3.63, 3.8) is 0 Å². The molecule has 2 rings (SSSR count). The first-order valence-corrected chi connectivity index (χ1v) is 7.85. The molecule has 0 radical (unpaired) electrons. The van der Waals surface area contributed by atoms with E-state index in [1.54, 1.807) is 0 Å². The summed E-state index contributed by atoms with van der Waals surface area (Å²) >= 11 is 5.05. The fourth-order valence-electron chi connectivity index (χ4n) is 3.06. The molecule has 110 valence electrons. The minimum Gasteiger partial charge on any atom is -0.389 e. The highest BCUT2D eigenvalue weighted by atomic mass is 32.1. The third-order valence-corrected chi connectivity index (χ3v) is 4.30. The van der Waals surface area contributed by atoms with Crippen molar-refractivity contribution >= 4 is 17.2 Å². The lowest BCUT2D eigenvalue weighted by Gasteiger charge is -2.36. The van der Waals surface area contributed by atoms with Crippen LogP contribution in [0.25, 0.3) is 0 Å². The number of nitrogens with two attached hydrogens (primary N) is 1. The fourth-order valence-corrected chi connectivity index (χ4v) is 3.25. The van der Waals surface area contributed by atoms with Gasteiger partial charge < -0.3 is 5.73 Å². The lowest BCUT2D eigenvalue weighted by Crippen LogP contribution is -2.39.